The summed E-state index contributed by atoms with van der Waals surface area (Å²) in [6, 6.07) is 9.01. The number of rotatable bonds is 20. The molecule has 3 aliphatic heterocycles. The number of hydrogen-bond donors (Lipinski definition) is 6. The number of methoxy groups -OCH3 is 2. The zero-order chi connectivity index (χ0) is 59.5. The van der Waals surface area contributed by atoms with Gasteiger partial charge in [-0.15, -0.1) is 0 Å². The maximum Gasteiger partial charge on any atom is 0.309 e. The predicted octanol–water partition coefficient (Wildman–Crippen LogP) is 5.20. The van der Waals surface area contributed by atoms with E-state index in [2.05, 4.69) is 24.7 Å². The Morgan fingerprint density at radius 2 is 1.73 bits per heavy atom. The predicted molar refractivity (Wildman–Crippen MR) is 304 cm³/mol. The summed E-state index contributed by atoms with van der Waals surface area (Å²) in [4.78, 5) is 27.4. The average Bonchev–Trinajstić information content (AvgIpc) is 3.49. The highest BCUT2D eigenvalue weighted by Crippen LogP contribution is 2.45. The normalized spacial score (nSPS) is 36.8. The van der Waals surface area contributed by atoms with Crippen LogP contribution in [0.15, 0.2) is 63.8 Å². The Hall–Kier alpha value is -3.62. The highest BCUT2D eigenvalue weighted by Gasteiger charge is 2.54. The number of hydrazone groups is 1. The molecule has 454 valence electrons. The first-order chi connectivity index (χ1) is 37.6. The molecule has 2 unspecified atom stereocenters. The van der Waals surface area contributed by atoms with Gasteiger partial charge in [-0.2, -0.15) is 5.10 Å². The van der Waals surface area contributed by atoms with Gasteiger partial charge in [-0.3, -0.25) is 19.2 Å². The first kappa shape index (κ1) is 67.2. The van der Waals surface area contributed by atoms with Crippen molar-refractivity contribution in [1.82, 2.24) is 19.5 Å². The van der Waals surface area contributed by atoms with Crippen LogP contribution in [0, 0.1) is 29.6 Å². The number of esters is 1. The highest BCUT2D eigenvalue weighted by molar-refractivity contribution is 7.89. The Labute approximate surface area is 475 Å². The number of sulfonamides is 1. The molecule has 0 bridgehead atoms. The monoisotopic (exact) mass is 1150 g/mol. The third-order valence-electron chi connectivity index (χ3n) is 17.4. The smallest absolute Gasteiger partial charge is 0.309 e. The first-order valence-corrected chi connectivity index (χ1v) is 29.8. The summed E-state index contributed by atoms with van der Waals surface area (Å²) in [5, 5.41) is 51.9. The molecule has 3 saturated heterocycles. The molecule has 0 spiro atoms. The molecule has 0 aliphatic carbocycles. The number of alkyl halides is 1. The van der Waals surface area contributed by atoms with E-state index in [4.69, 9.17) is 34.3 Å². The van der Waals surface area contributed by atoms with Crippen LogP contribution in [0.2, 0.25) is 0 Å². The van der Waals surface area contributed by atoms with Gasteiger partial charge in [-0.25, -0.2) is 13.1 Å². The van der Waals surface area contributed by atoms with Gasteiger partial charge in [0.1, 0.15) is 23.9 Å². The van der Waals surface area contributed by atoms with Crippen LogP contribution in [0.1, 0.15) is 125 Å². The lowest BCUT2D eigenvalue weighted by molar-refractivity contribution is -0.275. The number of nitrogens with zero attached hydrogens (tertiary/aromatic N) is 5. The van der Waals surface area contributed by atoms with Crippen LogP contribution < -0.4 is 10.6 Å². The molecule has 7 N–H and O–H groups in total. The van der Waals surface area contributed by atoms with Crippen LogP contribution >= 0.6 is 0 Å². The largest absolute Gasteiger partial charge is 0.459 e. The van der Waals surface area contributed by atoms with Gasteiger partial charge in [-0.1, -0.05) is 45.9 Å². The molecular weight excluding hydrogens is 1050 g/mol. The number of cyclic esters (lactones) is 1. The number of aliphatic hydroxyl groups excluding tert-OH is 2. The number of nitrogens with two attached hydrogens (primary N) is 1. The molecule has 80 heavy (non-hydrogen) atoms. The second-order valence-corrected chi connectivity index (χ2v) is 25.6. The SMILES string of the molecule is CC[C@H]1OC(=O)[C@H](C)[C@@H](C2C[C@@](C)(OC)[C@@H](O)[C@H](C)O2)[C@H](C)[C@@H](O[C@H]2C[C@@H](N(C)CCC(C=NC[C@H](CF)[C@H](OC)c3ccc(S(=O)(=O)NCc4cccnc4)cc3)=NN)C[C@@H](C)O2)[C@](C)(O)C[C@@H](C)CN(C)[C@H](C)[C@@H](O)C1(C)O. The minimum Gasteiger partial charge on any atom is -0.459 e. The molecule has 3 fully saturated rings. The van der Waals surface area contributed by atoms with Gasteiger partial charge >= 0.3 is 5.97 Å². The van der Waals surface area contributed by atoms with E-state index in [9.17, 15) is 38.0 Å². The average molecular weight is 1150 g/mol. The van der Waals surface area contributed by atoms with E-state index < -0.39 is 118 Å². The quantitative estimate of drug-likeness (QED) is 0.0431. The van der Waals surface area contributed by atoms with Crippen molar-refractivity contribution in [2.24, 2.45) is 45.5 Å². The number of aromatic nitrogens is 1. The van der Waals surface area contributed by atoms with Crippen LogP contribution in [0.25, 0.3) is 0 Å². The van der Waals surface area contributed by atoms with Crippen molar-refractivity contribution in [3.8, 4) is 0 Å². The molecular formula is C58H96FN7O13S. The summed E-state index contributed by atoms with van der Waals surface area (Å²) in [7, 11) is 3.01. The molecule has 2 aromatic rings. The third-order valence-corrected chi connectivity index (χ3v) is 18.8. The van der Waals surface area contributed by atoms with Gasteiger partial charge < -0.3 is 64.5 Å². The standard InChI is InChI=1S/C58H96FN7O13S/c1-15-48-58(10,71)52(67)39(6)66(12)34-35(2)27-56(8,70)54(37(4)50(38(5)55(69)78-48)47-28-57(9,75-14)53(68)40(7)77-47)79-49-26-45(25-36(3)76-49)65(11)24-22-44(64-60)33-62-32-43(29-59)51(74-13)42-18-20-46(21-19-42)80(72,73)63-31-41-17-16-23-61-30-41/h16-21,23,30,33,35-40,43,45,47-54,63,67-68,70-71H,15,22,24-29,31-32,34,60H2,1-14H3/t35-,36-,37+,38-,39-,40+,43+,45+,47?,48-,49+,50+,51-,52-,53+,54-,56-,57-,58?/m1/s1. The molecule has 1 aromatic heterocycles. The Morgan fingerprint density at radius 1 is 1.04 bits per heavy atom. The van der Waals surface area contributed by atoms with Crippen molar-refractivity contribution < 1.29 is 66.5 Å². The number of ether oxygens (including phenoxy) is 6. The summed E-state index contributed by atoms with van der Waals surface area (Å²) in [6.07, 6.45) is -0.577. The maximum absolute atomic E-state index is 14.7. The molecule has 0 saturated carbocycles. The lowest BCUT2D eigenvalue weighted by atomic mass is 9.68. The number of hydrogen-bond acceptors (Lipinski definition) is 19. The van der Waals surface area contributed by atoms with Crippen molar-refractivity contribution in [1.29, 1.82) is 0 Å². The van der Waals surface area contributed by atoms with E-state index in [1.807, 2.05) is 53.6 Å². The molecule has 5 rings (SSSR count). The van der Waals surface area contributed by atoms with Gasteiger partial charge in [-0.05, 0) is 116 Å². The molecule has 19 atom stereocenters. The van der Waals surface area contributed by atoms with Crippen molar-refractivity contribution in [3.63, 3.8) is 0 Å². The number of carbonyl (C=O) groups is 1. The summed E-state index contributed by atoms with van der Waals surface area (Å²) in [6.45, 7) is 18.4. The first-order valence-electron chi connectivity index (χ1n) is 28.3. The summed E-state index contributed by atoms with van der Waals surface area (Å²) in [5.41, 5.74) is -2.61. The van der Waals surface area contributed by atoms with Gasteiger partial charge in [0.05, 0.1) is 64.9 Å². The van der Waals surface area contributed by atoms with Gasteiger partial charge in [0.2, 0.25) is 10.0 Å². The fourth-order valence-electron chi connectivity index (χ4n) is 12.5. The fraction of sp³-hybridized carbons (Fsp3) is 0.759. The fourth-order valence-corrected chi connectivity index (χ4v) is 13.5. The van der Waals surface area contributed by atoms with E-state index in [1.54, 1.807) is 64.4 Å². The van der Waals surface area contributed by atoms with Gasteiger partial charge in [0.25, 0.3) is 0 Å². The van der Waals surface area contributed by atoms with Crippen LogP contribution in [-0.2, 0) is 49.8 Å². The van der Waals surface area contributed by atoms with E-state index >= 15 is 0 Å². The molecule has 0 amide bonds. The van der Waals surface area contributed by atoms with Crippen molar-refractivity contribution in [3.05, 3.63) is 59.9 Å². The van der Waals surface area contributed by atoms with Crippen molar-refractivity contribution in [2.45, 2.75) is 203 Å². The van der Waals surface area contributed by atoms with Crippen LogP contribution in [0.5, 0.6) is 0 Å². The molecule has 22 heteroatoms. The summed E-state index contributed by atoms with van der Waals surface area (Å²) < 4.78 is 81.5. The Morgan fingerprint density at radius 3 is 2.33 bits per heavy atom. The zero-order valence-electron chi connectivity index (χ0n) is 49.8. The molecule has 4 heterocycles. The minimum atomic E-state index is -3.84. The molecule has 3 aliphatic rings. The topological polar surface area (TPSA) is 270 Å². The molecule has 0 radical (unpaired) electrons. The molecule has 20 nitrogen and oxygen atoms in total. The number of likely N-dealkylation sites (N-methyl/N-ethyl adjacent to an activating group) is 1. The van der Waals surface area contributed by atoms with E-state index in [1.165, 1.54) is 39.5 Å². The number of aliphatic hydroxyl groups is 4. The lowest BCUT2D eigenvalue weighted by Crippen LogP contribution is -2.61. The number of halogens is 1. The Kier molecular flexibility index (Phi) is 24.6. The molecule has 1 aromatic carbocycles. The summed E-state index contributed by atoms with van der Waals surface area (Å²) >= 11 is 0. The van der Waals surface area contributed by atoms with Gasteiger partial charge in [0, 0.05) is 102 Å². The maximum atomic E-state index is 14.7. The van der Waals surface area contributed by atoms with Crippen LogP contribution in [0.4, 0.5) is 4.39 Å². The van der Waals surface area contributed by atoms with Crippen LogP contribution in [-0.4, -0.2) is 194 Å². The highest BCUT2D eigenvalue weighted by atomic mass is 32.2. The summed E-state index contributed by atoms with van der Waals surface area (Å²) in [5.74, 6) is 2.20. The third kappa shape index (κ3) is 16.8. The number of nitrogens with one attached hydrogen (secondary N) is 1. The second kappa shape index (κ2) is 29.3. The van der Waals surface area contributed by atoms with E-state index in [0.29, 0.717) is 49.2 Å². The van der Waals surface area contributed by atoms with Gasteiger partial charge in [0.15, 0.2) is 6.29 Å². The zero-order valence-corrected chi connectivity index (χ0v) is 50.6. The number of aliphatic imine (C=N–C) groups is 1. The van der Waals surface area contributed by atoms with Crippen LogP contribution in [0.3, 0.4) is 0 Å². The number of pyridine rings is 1. The second-order valence-electron chi connectivity index (χ2n) is 23.9. The minimum absolute atomic E-state index is 0.0376. The van der Waals surface area contributed by atoms with Crippen molar-refractivity contribution >= 4 is 27.9 Å². The Bertz CT molecular complexity index is 2410. The lowest BCUT2D eigenvalue weighted by Gasteiger charge is -2.51. The van der Waals surface area contributed by atoms with E-state index in [-0.39, 0.29) is 55.3 Å². The van der Waals surface area contributed by atoms with Crippen molar-refractivity contribution in [2.75, 3.05) is 54.6 Å². The Balaban J connectivity index is 1.34. The van der Waals surface area contributed by atoms with E-state index in [0.717, 1.165) is 0 Å². The number of benzene rings is 1. The number of carbonyl (C=O) groups excluding carboxylic acids is 1.